The minimum Gasteiger partial charge on any atom is -0.147 e. The molecular formula is C23H40Cl4Hf2. The summed E-state index contributed by atoms with van der Waals surface area (Å²) in [4.78, 5) is 0. The van der Waals surface area contributed by atoms with E-state index in [4.69, 9.17) is 0 Å². The van der Waals surface area contributed by atoms with Crippen LogP contribution >= 0.6 is 49.6 Å². The maximum absolute atomic E-state index is 2.37. The first-order valence-corrected chi connectivity index (χ1v) is 14.5. The zero-order chi connectivity index (χ0) is 19.7. The SMILES string of the molecule is CC1=C(C)C(C)(C)C(C[CH2][Hf])=C1C.CC1=C(C)C(C)(C)C([CH2][Hf])=C1C.Cl.Cl.Cl.Cl. The van der Waals surface area contributed by atoms with Crippen LogP contribution in [0.15, 0.2) is 44.6 Å². The van der Waals surface area contributed by atoms with Crippen molar-refractivity contribution in [1.29, 1.82) is 0 Å². The summed E-state index contributed by atoms with van der Waals surface area (Å²) in [6.45, 7) is 23.1. The molecule has 0 aromatic heterocycles. The summed E-state index contributed by atoms with van der Waals surface area (Å²) in [5.74, 6) is 0. The van der Waals surface area contributed by atoms with E-state index < -0.39 is 0 Å². The Bertz CT molecular complexity index is 681. The largest absolute Gasteiger partial charge is 0.147 e. The van der Waals surface area contributed by atoms with E-state index in [0.717, 1.165) is 0 Å². The topological polar surface area (TPSA) is 0 Å². The second kappa shape index (κ2) is 14.9. The van der Waals surface area contributed by atoms with E-state index in [0.29, 0.717) is 10.8 Å². The maximum Gasteiger partial charge on any atom is -0.147 e. The number of hydrogen-bond donors (Lipinski definition) is 0. The van der Waals surface area contributed by atoms with Gasteiger partial charge in [-0.25, -0.2) is 0 Å². The van der Waals surface area contributed by atoms with Crippen molar-refractivity contribution in [3.8, 4) is 0 Å². The molecule has 0 unspecified atom stereocenters. The van der Waals surface area contributed by atoms with E-state index in [2.05, 4.69) is 69.2 Å². The maximum atomic E-state index is 2.37. The smallest absolute Gasteiger partial charge is 0.147 e. The Kier molecular flexibility index (Phi) is 19.6. The van der Waals surface area contributed by atoms with E-state index in [9.17, 15) is 0 Å². The van der Waals surface area contributed by atoms with Gasteiger partial charge >= 0.3 is 188 Å². The number of hydrogen-bond acceptors (Lipinski definition) is 0. The van der Waals surface area contributed by atoms with E-state index in [1.54, 1.807) is 33.4 Å². The van der Waals surface area contributed by atoms with Gasteiger partial charge in [0.1, 0.15) is 0 Å². The molecule has 0 bridgehead atoms. The second-order valence-electron chi connectivity index (χ2n) is 8.63. The van der Waals surface area contributed by atoms with E-state index in [1.165, 1.54) is 74.7 Å². The Morgan fingerprint density at radius 2 is 0.862 bits per heavy atom. The zero-order valence-electron chi connectivity index (χ0n) is 19.8. The Morgan fingerprint density at radius 1 is 0.552 bits per heavy atom. The minimum atomic E-state index is 0. The van der Waals surface area contributed by atoms with Crippen LogP contribution in [0.2, 0.25) is 8.35 Å². The van der Waals surface area contributed by atoms with Crippen molar-refractivity contribution < 1.29 is 48.7 Å². The molecule has 6 heteroatoms. The zero-order valence-corrected chi connectivity index (χ0v) is 30.2. The van der Waals surface area contributed by atoms with Gasteiger partial charge in [-0.15, -0.1) is 49.6 Å². The molecule has 168 valence electrons. The molecule has 0 radical (unpaired) electrons. The van der Waals surface area contributed by atoms with E-state index in [-0.39, 0.29) is 49.6 Å². The predicted molar refractivity (Wildman–Crippen MR) is 133 cm³/mol. The van der Waals surface area contributed by atoms with Gasteiger partial charge in [0.15, 0.2) is 0 Å². The van der Waals surface area contributed by atoms with Crippen molar-refractivity contribution in [1.82, 2.24) is 0 Å². The second-order valence-corrected chi connectivity index (χ2v) is 11.7. The van der Waals surface area contributed by atoms with Crippen molar-refractivity contribution in [2.45, 2.75) is 84.0 Å². The summed E-state index contributed by atoms with van der Waals surface area (Å²) in [6.07, 6.45) is 1.32. The molecule has 2 aliphatic carbocycles. The van der Waals surface area contributed by atoms with Gasteiger partial charge in [-0.2, -0.15) is 0 Å². The van der Waals surface area contributed by atoms with Crippen LogP contribution in [-0.2, 0) is 48.7 Å². The number of halogens is 4. The molecule has 0 N–H and O–H groups in total. The Hall–Kier alpha value is 1.86. The van der Waals surface area contributed by atoms with Crippen molar-refractivity contribution in [2.75, 3.05) is 0 Å². The molecule has 29 heavy (non-hydrogen) atoms. The molecular weight excluding hydrogens is 775 g/mol. The van der Waals surface area contributed by atoms with Crippen LogP contribution in [0.25, 0.3) is 0 Å². The summed E-state index contributed by atoms with van der Waals surface area (Å²) >= 11 is 2.62. The van der Waals surface area contributed by atoms with Crippen LogP contribution in [0, 0.1) is 10.8 Å². The average molecular weight is 815 g/mol. The third-order valence-electron chi connectivity index (χ3n) is 7.09. The molecule has 2 aliphatic rings. The standard InChI is InChI=1S/C12H19.C11H17.4ClH.2Hf/c1-7-11-9(3)8(2)10(4)12(11,5)6;1-7-8(2)10(4)11(5,6)9(7)3;;;;;;/h1,7H2,2-6H3;3H2,1-2,4-6H3;4*1H;;. The summed E-state index contributed by atoms with van der Waals surface area (Å²) in [6, 6.07) is 0. The predicted octanol–water partition coefficient (Wildman–Crippen LogP) is 9.37. The Balaban J connectivity index is -0.000000190. The molecule has 2 rings (SSSR count). The van der Waals surface area contributed by atoms with Crippen molar-refractivity contribution in [2.24, 2.45) is 10.8 Å². The monoisotopic (exact) mass is 816 g/mol. The van der Waals surface area contributed by atoms with Gasteiger partial charge in [0, 0.05) is 0 Å². The number of rotatable bonds is 3. The molecule has 0 nitrogen and oxygen atoms in total. The van der Waals surface area contributed by atoms with E-state index in [1.807, 2.05) is 0 Å². The minimum absolute atomic E-state index is 0. The van der Waals surface area contributed by atoms with Gasteiger partial charge in [-0.1, -0.05) is 0 Å². The molecule has 0 fully saturated rings. The first kappa shape index (κ1) is 38.1. The first-order chi connectivity index (χ1) is 11.3. The third kappa shape index (κ3) is 7.70. The first-order valence-electron chi connectivity index (χ1n) is 9.41. The van der Waals surface area contributed by atoms with Crippen LogP contribution in [0.4, 0.5) is 0 Å². The van der Waals surface area contributed by atoms with Crippen molar-refractivity contribution in [3.05, 3.63) is 44.6 Å². The summed E-state index contributed by atoms with van der Waals surface area (Å²) in [7, 11) is 0. The fraction of sp³-hybridized carbons (Fsp3) is 0.652. The van der Waals surface area contributed by atoms with Gasteiger partial charge in [0.05, 0.1) is 0 Å². The molecule has 0 aromatic carbocycles. The van der Waals surface area contributed by atoms with Gasteiger partial charge in [-0.3, -0.25) is 0 Å². The molecule has 0 spiro atoms. The van der Waals surface area contributed by atoms with Gasteiger partial charge < -0.3 is 0 Å². The average Bonchev–Trinajstić information content (AvgIpc) is 2.78. The fourth-order valence-electron chi connectivity index (χ4n) is 4.32. The summed E-state index contributed by atoms with van der Waals surface area (Å²) in [5.41, 5.74) is 13.4. The molecule has 0 saturated heterocycles. The molecule has 0 aromatic rings. The quantitative estimate of drug-likeness (QED) is 0.250. The normalized spacial score (nSPS) is 18.9. The molecule has 0 atom stereocenters. The Morgan fingerprint density at radius 3 is 1.03 bits per heavy atom. The Labute approximate surface area is 235 Å². The molecule has 0 amide bonds. The van der Waals surface area contributed by atoms with Crippen molar-refractivity contribution >= 4 is 49.6 Å². The summed E-state index contributed by atoms with van der Waals surface area (Å²) < 4.78 is 2.73. The molecule has 0 aliphatic heterocycles. The van der Waals surface area contributed by atoms with Crippen molar-refractivity contribution in [3.63, 3.8) is 0 Å². The summed E-state index contributed by atoms with van der Waals surface area (Å²) in [5, 5.41) is 0. The van der Waals surface area contributed by atoms with Gasteiger partial charge in [0.25, 0.3) is 0 Å². The van der Waals surface area contributed by atoms with Crippen LogP contribution in [0.5, 0.6) is 0 Å². The van der Waals surface area contributed by atoms with Crippen LogP contribution in [-0.4, -0.2) is 0 Å². The van der Waals surface area contributed by atoms with Crippen LogP contribution in [0.3, 0.4) is 0 Å². The third-order valence-corrected chi connectivity index (χ3v) is 9.26. The van der Waals surface area contributed by atoms with E-state index >= 15 is 0 Å². The van der Waals surface area contributed by atoms with Gasteiger partial charge in [-0.05, 0) is 0 Å². The van der Waals surface area contributed by atoms with Crippen LogP contribution in [0.1, 0.15) is 75.7 Å². The van der Waals surface area contributed by atoms with Gasteiger partial charge in [0.2, 0.25) is 0 Å². The number of allylic oxidation sites excluding steroid dienone is 8. The molecule has 0 heterocycles. The fourth-order valence-corrected chi connectivity index (χ4v) is 7.76. The van der Waals surface area contributed by atoms with Crippen LogP contribution < -0.4 is 0 Å². The molecule has 0 saturated carbocycles.